The quantitative estimate of drug-likeness (QED) is 0.548. The third-order valence-electron chi connectivity index (χ3n) is 1.00. The van der Waals surface area contributed by atoms with Crippen LogP contribution in [-0.2, 0) is 4.79 Å². The Morgan fingerprint density at radius 2 is 2.12 bits per heavy atom. The minimum atomic E-state index is -0.931. The summed E-state index contributed by atoms with van der Waals surface area (Å²) in [6.45, 7) is 3.55. The Morgan fingerprint density at radius 3 is 2.12 bits per heavy atom. The van der Waals surface area contributed by atoms with Crippen LogP contribution in [0.1, 0.15) is 13.8 Å². The van der Waals surface area contributed by atoms with Gasteiger partial charge in [-0.1, -0.05) is 13.8 Å². The van der Waals surface area contributed by atoms with Crippen LogP contribution in [0.25, 0.3) is 0 Å². The number of nitrogens with two attached hydrogens (primary N) is 1. The van der Waals surface area contributed by atoms with Crippen molar-refractivity contribution in [1.29, 1.82) is 0 Å². The third-order valence-corrected chi connectivity index (χ3v) is 1.00. The zero-order chi connectivity index (χ0) is 6.73. The van der Waals surface area contributed by atoms with E-state index in [9.17, 15) is 4.79 Å². The van der Waals surface area contributed by atoms with Crippen LogP contribution in [0.15, 0.2) is 0 Å². The standard InChI is InChI=1S/C5H11NO2/c1-3(2)4(6)5(7)8/h3-4H,6H2,1-2H3,(H,7,8)/i1+2,2+2,3+2,5+2. The van der Waals surface area contributed by atoms with Gasteiger partial charge in [0.25, 0.3) is 0 Å². The molecule has 0 aliphatic heterocycles. The van der Waals surface area contributed by atoms with Crippen LogP contribution in [-0.4, -0.2) is 17.1 Å². The lowest BCUT2D eigenvalue weighted by atomic mass is 10.9. The second-order valence-electron chi connectivity index (χ2n) is 2.11. The van der Waals surface area contributed by atoms with Crippen LogP contribution in [0, 0.1) is 5.92 Å². The van der Waals surface area contributed by atoms with Gasteiger partial charge in [0.05, 0.1) is 0 Å². The molecule has 0 aromatic rings. The van der Waals surface area contributed by atoms with E-state index in [1.807, 2.05) is 0 Å². The van der Waals surface area contributed by atoms with E-state index in [0.717, 1.165) is 0 Å². The molecule has 8 heavy (non-hydrogen) atoms. The van der Waals surface area contributed by atoms with Crippen molar-refractivity contribution in [2.45, 2.75) is 19.9 Å². The Balaban J connectivity index is 3.64. The molecule has 3 nitrogen and oxygen atoms in total. The molecule has 0 amide bonds. The van der Waals surface area contributed by atoms with E-state index in [0.29, 0.717) is 0 Å². The van der Waals surface area contributed by atoms with E-state index in [2.05, 4.69) is 0 Å². The van der Waals surface area contributed by atoms with Crippen LogP contribution in [0.3, 0.4) is 0 Å². The fourth-order valence-corrected chi connectivity index (χ4v) is 0.285. The first-order valence-electron chi connectivity index (χ1n) is 2.54. The van der Waals surface area contributed by atoms with Crippen molar-refractivity contribution in [1.82, 2.24) is 0 Å². The topological polar surface area (TPSA) is 63.3 Å². The molecule has 1 atom stereocenters. The van der Waals surface area contributed by atoms with Crippen LogP contribution in [0.4, 0.5) is 0 Å². The summed E-state index contributed by atoms with van der Waals surface area (Å²) >= 11 is 0. The average molecular weight is 125 g/mol. The maximum Gasteiger partial charge on any atom is 0.320 e. The monoisotopic (exact) mass is 125 g/mol. The van der Waals surface area contributed by atoms with Crippen LogP contribution < -0.4 is 5.73 Å². The van der Waals surface area contributed by atoms with E-state index in [-0.39, 0.29) is 5.92 Å². The first kappa shape index (κ1) is 7.43. The predicted molar refractivity (Wildman–Crippen MR) is 30.4 cm³/mol. The summed E-state index contributed by atoms with van der Waals surface area (Å²) in [5, 5.41) is 8.23. The SMILES string of the molecule is [14CH3][14CH]([14CH3])C(N)[14C](=O)O. The van der Waals surface area contributed by atoms with Gasteiger partial charge in [-0.15, -0.1) is 0 Å². The van der Waals surface area contributed by atoms with Crippen LogP contribution >= 0.6 is 0 Å². The number of carboxylic acid groups (broad SMARTS) is 1. The number of aliphatic carboxylic acids is 1. The van der Waals surface area contributed by atoms with E-state index in [1.165, 1.54) is 0 Å². The van der Waals surface area contributed by atoms with Crippen molar-refractivity contribution in [2.24, 2.45) is 11.7 Å². The van der Waals surface area contributed by atoms with Gasteiger partial charge in [-0.2, -0.15) is 0 Å². The molecule has 0 aliphatic rings. The second kappa shape index (κ2) is 2.67. The summed E-state index contributed by atoms with van der Waals surface area (Å²) in [7, 11) is 0. The highest BCUT2D eigenvalue weighted by molar-refractivity contribution is 5.73. The van der Waals surface area contributed by atoms with Crippen molar-refractivity contribution in [3.05, 3.63) is 0 Å². The van der Waals surface area contributed by atoms with Crippen molar-refractivity contribution in [3.8, 4) is 0 Å². The van der Waals surface area contributed by atoms with Crippen LogP contribution in [0.5, 0.6) is 0 Å². The van der Waals surface area contributed by atoms with Gasteiger partial charge in [-0.25, -0.2) is 0 Å². The van der Waals surface area contributed by atoms with Crippen molar-refractivity contribution in [2.75, 3.05) is 0 Å². The molecule has 0 aliphatic carbocycles. The van der Waals surface area contributed by atoms with Crippen molar-refractivity contribution in [3.63, 3.8) is 0 Å². The van der Waals surface area contributed by atoms with Gasteiger partial charge in [0.2, 0.25) is 0 Å². The maximum atomic E-state index is 10.0. The summed E-state index contributed by atoms with van der Waals surface area (Å²) in [6, 6.07) is -0.713. The van der Waals surface area contributed by atoms with Gasteiger partial charge in [0.1, 0.15) is 6.04 Å². The first-order valence-corrected chi connectivity index (χ1v) is 2.54. The summed E-state index contributed by atoms with van der Waals surface area (Å²) in [6.07, 6.45) is 0. The molecule has 48 valence electrons. The molecule has 0 heterocycles. The van der Waals surface area contributed by atoms with Gasteiger partial charge in [-0.05, 0) is 5.92 Å². The van der Waals surface area contributed by atoms with Crippen molar-refractivity contribution >= 4 is 5.97 Å². The Bertz CT molecular complexity index is 90.4. The number of carbonyl (C=O) groups is 1. The Labute approximate surface area is 48.5 Å². The molecular weight excluding hydrogens is 114 g/mol. The van der Waals surface area contributed by atoms with Gasteiger partial charge in [0.15, 0.2) is 0 Å². The van der Waals surface area contributed by atoms with Gasteiger partial charge >= 0.3 is 5.97 Å². The maximum absolute atomic E-state index is 10.0. The zero-order valence-corrected chi connectivity index (χ0v) is 5.09. The molecule has 0 spiro atoms. The number of carboxylic acids is 1. The molecule has 0 aromatic carbocycles. The molecule has 0 radical (unpaired) electrons. The average Bonchev–Trinajstić information content (AvgIpc) is 1.64. The van der Waals surface area contributed by atoms with Crippen LogP contribution in [0.2, 0.25) is 0 Å². The highest BCUT2D eigenvalue weighted by atomic mass is 16.6. The lowest BCUT2D eigenvalue weighted by molar-refractivity contribution is -0.139. The predicted octanol–water partition coefficient (Wildman–Crippen LogP) is 0.0543. The summed E-state index contributed by atoms with van der Waals surface area (Å²) in [5.41, 5.74) is 5.16. The molecule has 0 aromatic heterocycles. The molecule has 1 unspecified atom stereocenters. The summed E-state index contributed by atoms with van der Waals surface area (Å²) in [5.74, 6) is -0.910. The second-order valence-corrected chi connectivity index (χ2v) is 2.11. The highest BCUT2D eigenvalue weighted by Crippen LogP contribution is 1.96. The Morgan fingerprint density at radius 1 is 1.75 bits per heavy atom. The van der Waals surface area contributed by atoms with Crippen molar-refractivity contribution < 1.29 is 9.90 Å². The normalized spacial score (nSPS) is 14.0. The molecule has 0 bridgehead atoms. The number of hydrogen-bond acceptors (Lipinski definition) is 2. The van der Waals surface area contributed by atoms with E-state index in [4.69, 9.17) is 10.8 Å². The molecule has 0 saturated carbocycles. The first-order chi connectivity index (χ1) is 3.55. The molecular formula is C5H11NO2. The van der Waals surface area contributed by atoms with E-state index < -0.39 is 12.0 Å². The summed E-state index contributed by atoms with van der Waals surface area (Å²) < 4.78 is 0. The largest absolute Gasteiger partial charge is 0.480 e. The Kier molecular flexibility index (Phi) is 2.48. The minimum absolute atomic E-state index is 0.0208. The van der Waals surface area contributed by atoms with Gasteiger partial charge in [0, 0.05) is 0 Å². The molecule has 3 N–H and O–H groups in total. The minimum Gasteiger partial charge on any atom is -0.480 e. The van der Waals surface area contributed by atoms with Gasteiger partial charge in [-0.3, -0.25) is 4.79 Å². The number of rotatable bonds is 2. The fraction of sp³-hybridized carbons (Fsp3) is 0.800. The zero-order valence-electron chi connectivity index (χ0n) is 5.09. The number of hydrogen-bond donors (Lipinski definition) is 2. The van der Waals surface area contributed by atoms with E-state index >= 15 is 0 Å². The molecule has 0 fully saturated rings. The highest BCUT2D eigenvalue weighted by Gasteiger charge is 2.14. The van der Waals surface area contributed by atoms with Gasteiger partial charge < -0.3 is 10.8 Å². The Hall–Kier alpha value is -0.570. The fourth-order valence-electron chi connectivity index (χ4n) is 0.285. The smallest absolute Gasteiger partial charge is 0.320 e. The summed E-state index contributed by atoms with van der Waals surface area (Å²) in [4.78, 5) is 10.0. The molecule has 0 saturated heterocycles. The third kappa shape index (κ3) is 1.93. The lowest BCUT2D eigenvalue weighted by Crippen LogP contribution is -2.34. The lowest BCUT2D eigenvalue weighted by Gasteiger charge is -2.07. The molecule has 3 heteroatoms. The molecule has 0 rings (SSSR count). The van der Waals surface area contributed by atoms with E-state index in [1.54, 1.807) is 13.8 Å².